The van der Waals surface area contributed by atoms with Crippen LogP contribution in [0.2, 0.25) is 0 Å². The van der Waals surface area contributed by atoms with Gasteiger partial charge in [-0.3, -0.25) is 9.69 Å². The van der Waals surface area contributed by atoms with E-state index in [2.05, 4.69) is 5.32 Å². The summed E-state index contributed by atoms with van der Waals surface area (Å²) in [5.41, 5.74) is 3.12. The zero-order valence-corrected chi connectivity index (χ0v) is 11.6. The molecule has 104 valence electrons. The van der Waals surface area contributed by atoms with Gasteiger partial charge in [-0.2, -0.15) is 0 Å². The summed E-state index contributed by atoms with van der Waals surface area (Å²) in [6, 6.07) is 5.87. The van der Waals surface area contributed by atoms with Crippen LogP contribution in [0.4, 0.5) is 10.1 Å². The number of rotatable bonds is 3. The van der Waals surface area contributed by atoms with E-state index in [1.165, 1.54) is 0 Å². The van der Waals surface area contributed by atoms with Crippen molar-refractivity contribution in [2.75, 3.05) is 25.0 Å². The molecule has 1 saturated heterocycles. The molecule has 1 heterocycles. The minimum Gasteiger partial charge on any atom is -0.325 e. The molecule has 0 radical (unpaired) electrons. The van der Waals surface area contributed by atoms with Gasteiger partial charge in [-0.05, 0) is 43.9 Å². The van der Waals surface area contributed by atoms with Gasteiger partial charge in [-0.1, -0.05) is 12.1 Å². The number of likely N-dealkylation sites (tertiary alicyclic amines) is 1. The second-order valence-corrected chi connectivity index (χ2v) is 5.25. The summed E-state index contributed by atoms with van der Waals surface area (Å²) in [6.45, 7) is 5.71. The Bertz CT molecular complexity index is 453. The maximum atomic E-state index is 13.0. The van der Waals surface area contributed by atoms with Crippen molar-refractivity contribution in [2.45, 2.75) is 32.9 Å². The average Bonchev–Trinajstić information content (AvgIpc) is 2.38. The molecule has 4 heteroatoms. The predicted molar refractivity (Wildman–Crippen MR) is 75.1 cm³/mol. The van der Waals surface area contributed by atoms with Crippen LogP contribution in [0.1, 0.15) is 24.0 Å². The fourth-order valence-corrected chi connectivity index (χ4v) is 2.34. The van der Waals surface area contributed by atoms with Gasteiger partial charge in [0.1, 0.15) is 6.17 Å². The molecule has 0 atom stereocenters. The SMILES string of the molecule is Cc1cccc(NC(=O)CN2CCC(F)CC2)c1C. The van der Waals surface area contributed by atoms with E-state index in [9.17, 15) is 9.18 Å². The Kier molecular flexibility index (Phi) is 4.53. The monoisotopic (exact) mass is 264 g/mol. The molecule has 0 spiro atoms. The van der Waals surface area contributed by atoms with E-state index in [0.29, 0.717) is 32.5 Å². The molecule has 3 nitrogen and oxygen atoms in total. The minimum atomic E-state index is -0.696. The summed E-state index contributed by atoms with van der Waals surface area (Å²) in [7, 11) is 0. The molecular weight excluding hydrogens is 243 g/mol. The Hall–Kier alpha value is -1.42. The van der Waals surface area contributed by atoms with Crippen LogP contribution in [0.25, 0.3) is 0 Å². The van der Waals surface area contributed by atoms with Gasteiger partial charge >= 0.3 is 0 Å². The molecule has 1 amide bonds. The van der Waals surface area contributed by atoms with Gasteiger partial charge in [0, 0.05) is 18.8 Å². The standard InChI is InChI=1S/C15H21FN2O/c1-11-4-3-5-14(12(11)2)17-15(19)10-18-8-6-13(16)7-9-18/h3-5,13H,6-10H2,1-2H3,(H,17,19). The van der Waals surface area contributed by atoms with Crippen LogP contribution in [0.15, 0.2) is 18.2 Å². The minimum absolute atomic E-state index is 0.0222. The van der Waals surface area contributed by atoms with Gasteiger partial charge in [0.05, 0.1) is 6.54 Å². The van der Waals surface area contributed by atoms with Gasteiger partial charge < -0.3 is 5.32 Å². The molecule has 0 unspecified atom stereocenters. The number of hydrogen-bond acceptors (Lipinski definition) is 2. The summed E-state index contributed by atoms with van der Waals surface area (Å²) in [4.78, 5) is 14.0. The first-order valence-electron chi connectivity index (χ1n) is 6.79. The summed E-state index contributed by atoms with van der Waals surface area (Å²) >= 11 is 0. The molecule has 1 aromatic carbocycles. The molecule has 0 bridgehead atoms. The lowest BCUT2D eigenvalue weighted by molar-refractivity contribution is -0.117. The highest BCUT2D eigenvalue weighted by Crippen LogP contribution is 2.18. The van der Waals surface area contributed by atoms with E-state index in [-0.39, 0.29) is 5.91 Å². The van der Waals surface area contributed by atoms with E-state index in [1.54, 1.807) is 0 Å². The third-order valence-electron chi connectivity index (χ3n) is 3.76. The zero-order chi connectivity index (χ0) is 13.8. The summed E-state index contributed by atoms with van der Waals surface area (Å²) in [6.07, 6.45) is 0.381. The lowest BCUT2D eigenvalue weighted by atomic mass is 10.1. The molecule has 0 aliphatic carbocycles. The van der Waals surface area contributed by atoms with Crippen molar-refractivity contribution >= 4 is 11.6 Å². The summed E-state index contributed by atoms with van der Waals surface area (Å²) < 4.78 is 13.0. The van der Waals surface area contributed by atoms with Crippen LogP contribution in [-0.2, 0) is 4.79 Å². The molecule has 2 rings (SSSR count). The van der Waals surface area contributed by atoms with Crippen molar-refractivity contribution in [3.63, 3.8) is 0 Å². The third-order valence-corrected chi connectivity index (χ3v) is 3.76. The second kappa shape index (κ2) is 6.15. The first-order chi connectivity index (χ1) is 9.06. The summed E-state index contributed by atoms with van der Waals surface area (Å²) in [5.74, 6) is -0.0222. The topological polar surface area (TPSA) is 32.3 Å². The van der Waals surface area contributed by atoms with Crippen molar-refractivity contribution in [1.29, 1.82) is 0 Å². The van der Waals surface area contributed by atoms with Gasteiger partial charge in [0.25, 0.3) is 0 Å². The fourth-order valence-electron chi connectivity index (χ4n) is 2.34. The number of carbonyl (C=O) groups is 1. The lowest BCUT2D eigenvalue weighted by Crippen LogP contribution is -2.39. The Labute approximate surface area is 113 Å². The molecule has 0 aromatic heterocycles. The van der Waals surface area contributed by atoms with Crippen molar-refractivity contribution < 1.29 is 9.18 Å². The van der Waals surface area contributed by atoms with Crippen LogP contribution in [0.5, 0.6) is 0 Å². The van der Waals surface area contributed by atoms with Crippen molar-refractivity contribution in [3.05, 3.63) is 29.3 Å². The smallest absolute Gasteiger partial charge is 0.238 e. The number of anilines is 1. The van der Waals surface area contributed by atoms with Crippen LogP contribution < -0.4 is 5.32 Å². The lowest BCUT2D eigenvalue weighted by Gasteiger charge is -2.27. The number of nitrogens with one attached hydrogen (secondary N) is 1. The number of amides is 1. The molecule has 1 fully saturated rings. The molecule has 1 aliphatic heterocycles. The predicted octanol–water partition coefficient (Wildman–Crippen LogP) is 2.68. The van der Waals surface area contributed by atoms with Crippen LogP contribution >= 0.6 is 0 Å². The van der Waals surface area contributed by atoms with Crippen LogP contribution in [0.3, 0.4) is 0 Å². The summed E-state index contributed by atoms with van der Waals surface area (Å²) in [5, 5.41) is 2.94. The zero-order valence-electron chi connectivity index (χ0n) is 11.6. The number of piperidine rings is 1. The molecule has 0 saturated carbocycles. The third kappa shape index (κ3) is 3.77. The van der Waals surface area contributed by atoms with Gasteiger partial charge in [-0.25, -0.2) is 4.39 Å². The van der Waals surface area contributed by atoms with Gasteiger partial charge in [0.2, 0.25) is 5.91 Å². The van der Waals surface area contributed by atoms with Crippen LogP contribution in [0, 0.1) is 13.8 Å². The number of halogens is 1. The van der Waals surface area contributed by atoms with E-state index < -0.39 is 6.17 Å². The maximum Gasteiger partial charge on any atom is 0.238 e. The molecule has 1 aromatic rings. The molecular formula is C15H21FN2O. The van der Waals surface area contributed by atoms with E-state index in [0.717, 1.165) is 16.8 Å². The maximum absolute atomic E-state index is 13.0. The highest BCUT2D eigenvalue weighted by Gasteiger charge is 2.20. The van der Waals surface area contributed by atoms with Crippen molar-refractivity contribution in [3.8, 4) is 0 Å². The van der Waals surface area contributed by atoms with Crippen molar-refractivity contribution in [1.82, 2.24) is 4.90 Å². The first kappa shape index (κ1) is 14.0. The number of carbonyl (C=O) groups excluding carboxylic acids is 1. The van der Waals surface area contributed by atoms with Crippen LogP contribution in [-0.4, -0.2) is 36.6 Å². The highest BCUT2D eigenvalue weighted by molar-refractivity contribution is 5.93. The number of nitrogens with zero attached hydrogens (tertiary/aromatic N) is 1. The van der Waals surface area contributed by atoms with Gasteiger partial charge in [0.15, 0.2) is 0 Å². The van der Waals surface area contributed by atoms with E-state index >= 15 is 0 Å². The molecule has 1 N–H and O–H groups in total. The van der Waals surface area contributed by atoms with E-state index in [4.69, 9.17) is 0 Å². The van der Waals surface area contributed by atoms with Crippen molar-refractivity contribution in [2.24, 2.45) is 0 Å². The number of alkyl halides is 1. The largest absolute Gasteiger partial charge is 0.325 e. The number of hydrogen-bond donors (Lipinski definition) is 1. The quantitative estimate of drug-likeness (QED) is 0.910. The Morgan fingerprint density at radius 2 is 2.05 bits per heavy atom. The normalized spacial score (nSPS) is 17.4. The number of aryl methyl sites for hydroxylation is 1. The van der Waals surface area contributed by atoms with Gasteiger partial charge in [-0.15, -0.1) is 0 Å². The Balaban J connectivity index is 1.89. The Morgan fingerprint density at radius 3 is 2.74 bits per heavy atom. The second-order valence-electron chi connectivity index (χ2n) is 5.25. The number of benzene rings is 1. The molecule has 1 aliphatic rings. The first-order valence-corrected chi connectivity index (χ1v) is 6.79. The molecule has 19 heavy (non-hydrogen) atoms. The fraction of sp³-hybridized carbons (Fsp3) is 0.533. The average molecular weight is 264 g/mol. The van der Waals surface area contributed by atoms with E-state index in [1.807, 2.05) is 36.9 Å². The Morgan fingerprint density at radius 1 is 1.37 bits per heavy atom. The highest BCUT2D eigenvalue weighted by atomic mass is 19.1.